The van der Waals surface area contributed by atoms with Gasteiger partial charge in [0.15, 0.2) is 0 Å². The highest BCUT2D eigenvalue weighted by Gasteiger charge is 1.92. The van der Waals surface area contributed by atoms with Crippen LogP contribution in [0.2, 0.25) is 0 Å². The molecular weight excluding hydrogens is 364 g/mol. The normalized spacial score (nSPS) is 12.9. The fraction of sp³-hybridized carbons (Fsp3) is 0.118. The van der Waals surface area contributed by atoms with E-state index >= 15 is 0 Å². The highest BCUT2D eigenvalue weighted by atomic mass is 79.9. The minimum atomic E-state index is 1.06. The maximum atomic E-state index is 3.46. The second kappa shape index (κ2) is 8.92. The fourth-order valence-electron chi connectivity index (χ4n) is 1.40. The molecule has 1 aliphatic rings. The monoisotopic (exact) mass is 378 g/mol. The molecule has 1 aromatic rings. The maximum absolute atomic E-state index is 3.46. The molecular formula is C17H16Br2. The van der Waals surface area contributed by atoms with Gasteiger partial charge in [-0.1, -0.05) is 68.3 Å². The lowest BCUT2D eigenvalue weighted by molar-refractivity contribution is 1.42. The Morgan fingerprint density at radius 1 is 1.16 bits per heavy atom. The molecule has 2 heteroatoms. The lowest BCUT2D eigenvalue weighted by atomic mass is 10.1. The molecule has 0 spiro atoms. The van der Waals surface area contributed by atoms with Gasteiger partial charge in [0, 0.05) is 8.96 Å². The van der Waals surface area contributed by atoms with E-state index in [1.165, 1.54) is 15.6 Å². The third kappa shape index (κ3) is 6.58. The molecule has 2 rings (SSSR count). The molecule has 0 saturated heterocycles. The van der Waals surface area contributed by atoms with Crippen molar-refractivity contribution in [3.05, 3.63) is 80.5 Å². The number of aryl methyl sites for hydroxylation is 1. The molecule has 0 fully saturated rings. The molecule has 0 amide bonds. The van der Waals surface area contributed by atoms with Gasteiger partial charge in [0.1, 0.15) is 0 Å². The molecule has 0 nitrogen and oxygen atoms in total. The third-order valence-corrected chi connectivity index (χ3v) is 3.70. The summed E-state index contributed by atoms with van der Waals surface area (Å²) in [7, 11) is 0. The Bertz CT molecular complexity index is 569. The van der Waals surface area contributed by atoms with E-state index in [0.717, 1.165) is 4.48 Å². The maximum Gasteiger partial charge on any atom is 0.0252 e. The van der Waals surface area contributed by atoms with Crippen molar-refractivity contribution in [1.82, 2.24) is 0 Å². The molecule has 19 heavy (non-hydrogen) atoms. The van der Waals surface area contributed by atoms with Crippen LogP contribution >= 0.6 is 31.9 Å². The van der Waals surface area contributed by atoms with Crippen molar-refractivity contribution in [3.8, 4) is 0 Å². The lowest BCUT2D eigenvalue weighted by Gasteiger charge is -1.98. The van der Waals surface area contributed by atoms with Crippen molar-refractivity contribution in [1.29, 1.82) is 0 Å². The van der Waals surface area contributed by atoms with Gasteiger partial charge in [0.2, 0.25) is 0 Å². The molecule has 0 aromatic heterocycles. The van der Waals surface area contributed by atoms with Gasteiger partial charge >= 0.3 is 0 Å². The topological polar surface area (TPSA) is 0 Å². The number of halogens is 2. The number of allylic oxidation sites excluding steroid dienone is 6. The first-order chi connectivity index (χ1) is 9.13. The summed E-state index contributed by atoms with van der Waals surface area (Å²) in [6.45, 7) is 4.12. The smallest absolute Gasteiger partial charge is 0.0252 e. The van der Waals surface area contributed by atoms with Crippen molar-refractivity contribution < 1.29 is 0 Å². The van der Waals surface area contributed by atoms with Crippen molar-refractivity contribution >= 4 is 37.9 Å². The zero-order valence-corrected chi connectivity index (χ0v) is 14.2. The van der Waals surface area contributed by atoms with Gasteiger partial charge in [-0.3, -0.25) is 0 Å². The Balaban J connectivity index is 0.000000200. The molecule has 0 N–H and O–H groups in total. The summed E-state index contributed by atoms with van der Waals surface area (Å²) in [5, 5.41) is 0. The van der Waals surface area contributed by atoms with E-state index in [4.69, 9.17) is 0 Å². The summed E-state index contributed by atoms with van der Waals surface area (Å²) in [6, 6.07) is 6.33. The summed E-state index contributed by atoms with van der Waals surface area (Å²) in [6.07, 6.45) is 13.7. The van der Waals surface area contributed by atoms with Crippen molar-refractivity contribution in [2.24, 2.45) is 0 Å². The van der Waals surface area contributed by atoms with E-state index in [-0.39, 0.29) is 0 Å². The Hall–Kier alpha value is -1.08. The predicted octanol–water partition coefficient (Wildman–Crippen LogP) is 6.34. The first kappa shape index (κ1) is 16.0. The molecule has 0 heterocycles. The minimum Gasteiger partial charge on any atom is -0.120 e. The van der Waals surface area contributed by atoms with Crippen LogP contribution in [-0.4, -0.2) is 0 Å². The Morgan fingerprint density at radius 3 is 2.63 bits per heavy atom. The van der Waals surface area contributed by atoms with Crippen molar-refractivity contribution in [2.45, 2.75) is 13.8 Å². The number of hydrogen-bond acceptors (Lipinski definition) is 0. The number of benzene rings is 1. The highest BCUT2D eigenvalue weighted by molar-refractivity contribution is 9.12. The Morgan fingerprint density at radius 2 is 1.95 bits per heavy atom. The standard InChI is InChI=1S/C10H11Br.C7H5Br/c1-3-4-9-5-6-10(11)8(2)7-9;8-7-5-3-1-2-4-6-7/h3-7H,1-2H3;1-3,5-6H/b4-3+;. The summed E-state index contributed by atoms with van der Waals surface area (Å²) in [5.74, 6) is 0. The molecule has 0 radical (unpaired) electrons. The fourth-order valence-corrected chi connectivity index (χ4v) is 1.93. The zero-order chi connectivity index (χ0) is 14.1. The van der Waals surface area contributed by atoms with Crippen molar-refractivity contribution in [2.75, 3.05) is 0 Å². The van der Waals surface area contributed by atoms with E-state index in [1.54, 1.807) is 0 Å². The minimum absolute atomic E-state index is 1.06. The zero-order valence-electron chi connectivity index (χ0n) is 11.0. The van der Waals surface area contributed by atoms with E-state index in [0.29, 0.717) is 0 Å². The summed E-state index contributed by atoms with van der Waals surface area (Å²) >= 11 is 6.77. The average Bonchev–Trinajstić information content (AvgIpc) is 2.63. The molecule has 0 atom stereocenters. The quantitative estimate of drug-likeness (QED) is 0.499. The molecule has 0 saturated carbocycles. The predicted molar refractivity (Wildman–Crippen MR) is 92.4 cm³/mol. The molecule has 0 aliphatic heterocycles. The van der Waals surface area contributed by atoms with E-state index in [2.05, 4.69) is 68.8 Å². The van der Waals surface area contributed by atoms with Crippen LogP contribution in [0, 0.1) is 6.92 Å². The second-order valence-corrected chi connectivity index (χ2v) is 5.69. The Kier molecular flexibility index (Phi) is 7.50. The Labute approximate surface area is 132 Å². The summed E-state index contributed by atoms with van der Waals surface area (Å²) < 4.78 is 2.23. The first-order valence-corrected chi connectivity index (χ1v) is 7.56. The SMILES string of the molecule is BrC1=CC=CC=C=C1.C/C=C/c1ccc(Br)c(C)c1. The third-order valence-electron chi connectivity index (χ3n) is 2.32. The van der Waals surface area contributed by atoms with Crippen LogP contribution in [0.1, 0.15) is 18.1 Å². The van der Waals surface area contributed by atoms with Gasteiger partial charge in [0.05, 0.1) is 0 Å². The van der Waals surface area contributed by atoms with E-state index in [9.17, 15) is 0 Å². The van der Waals surface area contributed by atoms with E-state index < -0.39 is 0 Å². The second-order valence-electron chi connectivity index (χ2n) is 3.92. The summed E-state index contributed by atoms with van der Waals surface area (Å²) in [4.78, 5) is 0. The largest absolute Gasteiger partial charge is 0.120 e. The van der Waals surface area contributed by atoms with Gasteiger partial charge < -0.3 is 0 Å². The molecule has 0 unspecified atom stereocenters. The van der Waals surface area contributed by atoms with Gasteiger partial charge in [-0.25, -0.2) is 0 Å². The average molecular weight is 380 g/mol. The van der Waals surface area contributed by atoms with Crippen LogP contribution in [0.4, 0.5) is 0 Å². The number of rotatable bonds is 1. The summed E-state index contributed by atoms with van der Waals surface area (Å²) in [5.41, 5.74) is 5.48. The van der Waals surface area contributed by atoms with Crippen LogP contribution < -0.4 is 0 Å². The molecule has 1 aromatic carbocycles. The van der Waals surface area contributed by atoms with Gasteiger partial charge in [-0.15, -0.1) is 5.73 Å². The van der Waals surface area contributed by atoms with Gasteiger partial charge in [-0.2, -0.15) is 0 Å². The van der Waals surface area contributed by atoms with Crippen LogP contribution in [-0.2, 0) is 0 Å². The van der Waals surface area contributed by atoms with Crippen LogP contribution in [0.25, 0.3) is 6.08 Å². The van der Waals surface area contributed by atoms with Gasteiger partial charge in [-0.05, 0) is 49.3 Å². The van der Waals surface area contributed by atoms with Gasteiger partial charge in [0.25, 0.3) is 0 Å². The van der Waals surface area contributed by atoms with Crippen LogP contribution in [0.5, 0.6) is 0 Å². The molecule has 98 valence electrons. The molecule has 0 bridgehead atoms. The van der Waals surface area contributed by atoms with E-state index in [1.807, 2.05) is 43.4 Å². The van der Waals surface area contributed by atoms with Crippen LogP contribution in [0.3, 0.4) is 0 Å². The lowest BCUT2D eigenvalue weighted by Crippen LogP contribution is -1.76. The first-order valence-electron chi connectivity index (χ1n) is 5.97. The number of hydrogen-bond donors (Lipinski definition) is 0. The van der Waals surface area contributed by atoms with Crippen LogP contribution in [0.15, 0.2) is 69.3 Å². The molecule has 1 aliphatic carbocycles. The van der Waals surface area contributed by atoms with Crippen molar-refractivity contribution in [3.63, 3.8) is 0 Å². The highest BCUT2D eigenvalue weighted by Crippen LogP contribution is 2.17.